The van der Waals surface area contributed by atoms with E-state index in [-0.39, 0.29) is 13.0 Å². The molecule has 0 aromatic carbocycles. The lowest BCUT2D eigenvalue weighted by Gasteiger charge is -2.03. The Morgan fingerprint density at radius 1 is 1.25 bits per heavy atom. The van der Waals surface area contributed by atoms with Crippen molar-refractivity contribution < 1.29 is 0 Å². The number of rotatable bonds is 2. The summed E-state index contributed by atoms with van der Waals surface area (Å²) in [6.45, 7) is 3.96. The molecule has 104 valence electrons. The molecule has 0 spiro atoms. The predicted molar refractivity (Wildman–Crippen MR) is 75.3 cm³/mol. The van der Waals surface area contributed by atoms with Crippen molar-refractivity contribution in [1.29, 1.82) is 0 Å². The summed E-state index contributed by atoms with van der Waals surface area (Å²) in [6, 6.07) is 1.86. The van der Waals surface area contributed by atoms with Gasteiger partial charge in [0.15, 0.2) is 11.5 Å². The van der Waals surface area contributed by atoms with E-state index in [2.05, 4.69) is 20.4 Å². The Morgan fingerprint density at radius 2 is 2.05 bits per heavy atom. The number of pyridine rings is 1. The molecule has 3 rings (SSSR count). The van der Waals surface area contributed by atoms with E-state index in [0.29, 0.717) is 11.5 Å². The molecule has 0 saturated heterocycles. The second kappa shape index (κ2) is 5.12. The Kier molecular flexibility index (Phi) is 3.51. The first-order valence-corrected chi connectivity index (χ1v) is 5.77. The quantitative estimate of drug-likeness (QED) is 0.764. The fraction of sp³-hybridized carbons (Fsp3) is 0.231. The van der Waals surface area contributed by atoms with Crippen molar-refractivity contribution >= 4 is 0 Å². The van der Waals surface area contributed by atoms with Crippen LogP contribution in [-0.2, 0) is 0 Å². The fourth-order valence-corrected chi connectivity index (χ4v) is 1.76. The van der Waals surface area contributed by atoms with Crippen LogP contribution in [0.1, 0.15) is 18.6 Å². The van der Waals surface area contributed by atoms with E-state index in [1.807, 2.05) is 19.9 Å². The van der Waals surface area contributed by atoms with E-state index < -0.39 is 0 Å². The summed E-state index contributed by atoms with van der Waals surface area (Å²) in [4.78, 5) is 16.5. The van der Waals surface area contributed by atoms with Crippen LogP contribution in [0, 0.1) is 13.8 Å². The van der Waals surface area contributed by atoms with Crippen molar-refractivity contribution in [2.24, 2.45) is 0 Å². The van der Waals surface area contributed by atoms with Gasteiger partial charge in [-0.2, -0.15) is 4.68 Å². The van der Waals surface area contributed by atoms with E-state index in [0.717, 1.165) is 11.1 Å². The molecule has 0 aliphatic rings. The Balaban J connectivity index is 0.00000147. The van der Waals surface area contributed by atoms with Crippen molar-refractivity contribution in [3.8, 4) is 11.5 Å². The summed E-state index contributed by atoms with van der Waals surface area (Å²) >= 11 is 0. The first-order valence-electron chi connectivity index (χ1n) is 5.77. The van der Waals surface area contributed by atoms with Crippen LogP contribution < -0.4 is 5.56 Å². The molecule has 0 bridgehead atoms. The molecule has 0 saturated carbocycles. The molecule has 0 atom stereocenters. The smallest absolute Gasteiger partial charge is 0.295 e. The summed E-state index contributed by atoms with van der Waals surface area (Å²) in [7, 11) is 0. The van der Waals surface area contributed by atoms with Gasteiger partial charge < -0.3 is 0 Å². The van der Waals surface area contributed by atoms with E-state index in [1.54, 1.807) is 18.6 Å². The second-order valence-corrected chi connectivity index (χ2v) is 4.27. The van der Waals surface area contributed by atoms with Gasteiger partial charge in [0.05, 0.1) is 18.6 Å². The van der Waals surface area contributed by atoms with Crippen LogP contribution in [0.2, 0.25) is 0 Å². The third-order valence-corrected chi connectivity index (χ3v) is 3.01. The lowest BCUT2D eigenvalue weighted by molar-refractivity contribution is 0.785. The first kappa shape index (κ1) is 13.7. The zero-order chi connectivity index (χ0) is 13.4. The topological polar surface area (TPSA) is 81.4 Å². The molecular formula is C13H16N6O. The number of aryl methyl sites for hydroxylation is 2. The van der Waals surface area contributed by atoms with E-state index in [1.165, 1.54) is 15.6 Å². The molecule has 0 aliphatic carbocycles. The summed E-state index contributed by atoms with van der Waals surface area (Å²) < 4.78 is 2.79. The number of H-pyrrole nitrogens is 1. The summed E-state index contributed by atoms with van der Waals surface area (Å²) in [6.07, 6.45) is 6.45. The lowest BCUT2D eigenvalue weighted by Crippen LogP contribution is -2.19. The van der Waals surface area contributed by atoms with Crippen LogP contribution in [0.15, 0.2) is 35.6 Å². The molecule has 7 heteroatoms. The van der Waals surface area contributed by atoms with Gasteiger partial charge in [-0.1, -0.05) is 12.6 Å². The second-order valence-electron chi connectivity index (χ2n) is 4.27. The minimum absolute atomic E-state index is 0. The number of aromatic amines is 1. The highest BCUT2D eigenvalue weighted by Gasteiger charge is 2.11. The normalized spacial score (nSPS) is 10.3. The van der Waals surface area contributed by atoms with E-state index in [9.17, 15) is 4.79 Å². The minimum atomic E-state index is -0.221. The van der Waals surface area contributed by atoms with Crippen molar-refractivity contribution in [3.05, 3.63) is 52.3 Å². The largest absolute Gasteiger partial charge is 0.298 e. The van der Waals surface area contributed by atoms with Crippen molar-refractivity contribution in [1.82, 2.24) is 29.8 Å². The maximum atomic E-state index is 12.3. The molecule has 3 aromatic rings. The molecule has 3 heterocycles. The van der Waals surface area contributed by atoms with Crippen LogP contribution in [0.5, 0.6) is 0 Å². The van der Waals surface area contributed by atoms with Crippen molar-refractivity contribution in [2.75, 3.05) is 0 Å². The van der Waals surface area contributed by atoms with Gasteiger partial charge in [-0.15, -0.1) is 5.10 Å². The summed E-state index contributed by atoms with van der Waals surface area (Å²) in [5.41, 5.74) is 2.34. The van der Waals surface area contributed by atoms with Crippen LogP contribution in [0.3, 0.4) is 0 Å². The van der Waals surface area contributed by atoms with Crippen molar-refractivity contribution in [2.45, 2.75) is 21.3 Å². The van der Waals surface area contributed by atoms with Gasteiger partial charge in [0.2, 0.25) is 0 Å². The zero-order valence-corrected chi connectivity index (χ0v) is 10.5. The van der Waals surface area contributed by atoms with Crippen LogP contribution >= 0.6 is 0 Å². The molecular weight excluding hydrogens is 256 g/mol. The highest BCUT2D eigenvalue weighted by atomic mass is 16.1. The van der Waals surface area contributed by atoms with Crippen LogP contribution in [0.25, 0.3) is 11.5 Å². The average molecular weight is 272 g/mol. The average Bonchev–Trinajstić information content (AvgIpc) is 3.02. The Morgan fingerprint density at radius 3 is 2.70 bits per heavy atom. The van der Waals surface area contributed by atoms with E-state index >= 15 is 0 Å². The number of nitrogens with one attached hydrogen (secondary N) is 1. The molecule has 0 unspecified atom stereocenters. The predicted octanol–water partition coefficient (Wildman–Crippen LogP) is 1.39. The van der Waals surface area contributed by atoms with Crippen LogP contribution in [0.4, 0.5) is 0 Å². The van der Waals surface area contributed by atoms with Gasteiger partial charge in [0.25, 0.3) is 5.56 Å². The monoisotopic (exact) mass is 272 g/mol. The maximum absolute atomic E-state index is 12.3. The van der Waals surface area contributed by atoms with Gasteiger partial charge in [-0.3, -0.25) is 9.89 Å². The number of aromatic nitrogens is 6. The molecule has 20 heavy (non-hydrogen) atoms. The van der Waals surface area contributed by atoms with Gasteiger partial charge in [-0.05, 0) is 31.0 Å². The van der Waals surface area contributed by atoms with E-state index in [4.69, 9.17) is 0 Å². The first-order chi connectivity index (χ1) is 9.16. The fourth-order valence-electron chi connectivity index (χ4n) is 1.76. The zero-order valence-electron chi connectivity index (χ0n) is 10.5. The molecule has 0 fully saturated rings. The molecule has 1 N–H and O–H groups in total. The third kappa shape index (κ3) is 2.13. The highest BCUT2D eigenvalue weighted by Crippen LogP contribution is 2.09. The SMILES string of the molecule is C.Cc1cnc(-n2[nH]cc(-n3ccnn3)c2=O)cc1C. The standard InChI is InChI=1S/C12H12N6O.CH4/c1-8-5-11(13-6-9(8)2)18-12(19)10(7-15-18)17-4-3-14-16-17;/h3-7,15H,1-2H3;1H4. The lowest BCUT2D eigenvalue weighted by atomic mass is 10.2. The van der Waals surface area contributed by atoms with Crippen LogP contribution in [-0.4, -0.2) is 29.8 Å². The molecule has 0 amide bonds. The third-order valence-electron chi connectivity index (χ3n) is 3.01. The Bertz CT molecular complexity index is 769. The number of hydrogen-bond donors (Lipinski definition) is 1. The maximum Gasteiger partial charge on any atom is 0.298 e. The summed E-state index contributed by atoms with van der Waals surface area (Å²) in [5.74, 6) is 0.555. The molecule has 0 radical (unpaired) electrons. The van der Waals surface area contributed by atoms with Gasteiger partial charge >= 0.3 is 0 Å². The molecule has 7 nitrogen and oxygen atoms in total. The number of hydrogen-bond acceptors (Lipinski definition) is 4. The Hall–Kier alpha value is -2.70. The molecule has 0 aliphatic heterocycles. The minimum Gasteiger partial charge on any atom is -0.295 e. The Labute approximate surface area is 115 Å². The van der Waals surface area contributed by atoms with Crippen molar-refractivity contribution in [3.63, 3.8) is 0 Å². The number of nitrogens with zero attached hydrogens (tertiary/aromatic N) is 5. The summed E-state index contributed by atoms with van der Waals surface area (Å²) in [5, 5.41) is 10.4. The highest BCUT2D eigenvalue weighted by molar-refractivity contribution is 5.34. The van der Waals surface area contributed by atoms with Gasteiger partial charge in [0, 0.05) is 6.20 Å². The van der Waals surface area contributed by atoms with Gasteiger partial charge in [0.1, 0.15) is 0 Å². The van der Waals surface area contributed by atoms with Gasteiger partial charge in [-0.25, -0.2) is 9.67 Å². The molecule has 3 aromatic heterocycles.